The summed E-state index contributed by atoms with van der Waals surface area (Å²) in [7, 11) is 10.5. The summed E-state index contributed by atoms with van der Waals surface area (Å²) in [6, 6.07) is 19.9. The Kier molecular flexibility index (Phi) is 14.6. The zero-order chi connectivity index (χ0) is 37.2. The highest BCUT2D eigenvalue weighted by Gasteiger charge is 2.10. The first kappa shape index (κ1) is 40.6. The largest absolute Gasteiger partial charge is 0.493 e. The zero-order valence-electron chi connectivity index (χ0n) is 30.7. The highest BCUT2D eigenvalue weighted by Crippen LogP contribution is 2.33. The van der Waals surface area contributed by atoms with Gasteiger partial charge in [0.2, 0.25) is 0 Å². The van der Waals surface area contributed by atoms with Crippen LogP contribution in [0.2, 0.25) is 0 Å². The molecule has 0 atom stereocenters. The predicted octanol–water partition coefficient (Wildman–Crippen LogP) is 9.82. The quantitative estimate of drug-likeness (QED) is 0.0903. The average molecular weight is 757 g/mol. The summed E-state index contributed by atoms with van der Waals surface area (Å²) in [4.78, 5) is 11.5. The second-order valence-electron chi connectivity index (χ2n) is 11.9. The number of nitrogens with zero attached hydrogens (tertiary/aromatic N) is 3. The standard InChI is InChI=1S/C21H24N2O3S.C19H20N2O3S.CH4/c1-14-10-16-20(12-17(14)23(2)3)27-21(22-16)9-7-15-6-8-18(26-13-24-4)19(11-15)25-5;1-12-8-15-18(10-14(12)20)25-19(21-15)7-5-13-4-6-16(24-11-22-2)17(9-13)23-3;/h6-12H,13H2,1-5H3;4-10H,11,20H2,1-3H3;1H4/b9-7+;7-5+;. The van der Waals surface area contributed by atoms with Gasteiger partial charge in [0, 0.05) is 39.7 Å². The molecule has 6 rings (SSSR count). The van der Waals surface area contributed by atoms with E-state index in [1.54, 1.807) is 51.1 Å². The van der Waals surface area contributed by atoms with Crippen LogP contribution in [-0.2, 0) is 9.47 Å². The monoisotopic (exact) mass is 756 g/mol. The van der Waals surface area contributed by atoms with E-state index in [1.165, 1.54) is 16.0 Å². The van der Waals surface area contributed by atoms with Gasteiger partial charge in [0.05, 0.1) is 34.7 Å². The molecule has 0 aliphatic rings. The van der Waals surface area contributed by atoms with Gasteiger partial charge < -0.3 is 39.1 Å². The van der Waals surface area contributed by atoms with Crippen LogP contribution in [-0.4, -0.2) is 66.1 Å². The number of fused-ring (bicyclic) bond motifs is 2. The van der Waals surface area contributed by atoms with Crippen molar-refractivity contribution in [1.29, 1.82) is 0 Å². The zero-order valence-corrected chi connectivity index (χ0v) is 32.3. The molecular formula is C41H48N4O6S2. The second-order valence-corrected chi connectivity index (χ2v) is 14.0. The number of thiazole rings is 2. The summed E-state index contributed by atoms with van der Waals surface area (Å²) in [5.74, 6) is 2.63. The van der Waals surface area contributed by atoms with Gasteiger partial charge in [0.15, 0.2) is 36.6 Å². The lowest BCUT2D eigenvalue weighted by atomic mass is 10.2. The van der Waals surface area contributed by atoms with E-state index in [1.807, 2.05) is 79.8 Å². The van der Waals surface area contributed by atoms with Crippen molar-refractivity contribution in [2.75, 3.05) is 66.8 Å². The first-order valence-corrected chi connectivity index (χ1v) is 18.0. The third-order valence-electron chi connectivity index (χ3n) is 7.87. The van der Waals surface area contributed by atoms with E-state index in [9.17, 15) is 0 Å². The van der Waals surface area contributed by atoms with Crippen molar-refractivity contribution in [2.45, 2.75) is 21.3 Å². The van der Waals surface area contributed by atoms with Crippen molar-refractivity contribution in [3.05, 3.63) is 92.9 Å². The maximum absolute atomic E-state index is 5.97. The van der Waals surface area contributed by atoms with Crippen LogP contribution in [0.15, 0.2) is 60.7 Å². The molecule has 4 aromatic carbocycles. The molecule has 0 aliphatic carbocycles. The Morgan fingerprint density at radius 1 is 0.623 bits per heavy atom. The Balaban J connectivity index is 0.000000233. The molecule has 0 bridgehead atoms. The highest BCUT2D eigenvalue weighted by molar-refractivity contribution is 7.19. The number of nitrogen functional groups attached to an aromatic ring is 1. The van der Waals surface area contributed by atoms with Crippen molar-refractivity contribution >= 4 is 78.8 Å². The molecule has 2 heterocycles. The van der Waals surface area contributed by atoms with Gasteiger partial charge in [-0.1, -0.05) is 31.7 Å². The minimum Gasteiger partial charge on any atom is -0.493 e. The van der Waals surface area contributed by atoms with Crippen molar-refractivity contribution in [3.8, 4) is 23.0 Å². The minimum atomic E-state index is 0. The molecular weight excluding hydrogens is 709 g/mol. The summed E-state index contributed by atoms with van der Waals surface area (Å²) in [5.41, 5.74) is 14.3. The van der Waals surface area contributed by atoms with E-state index in [0.717, 1.165) is 48.1 Å². The van der Waals surface area contributed by atoms with E-state index in [-0.39, 0.29) is 21.0 Å². The number of rotatable bonds is 13. The number of benzene rings is 4. The van der Waals surface area contributed by atoms with E-state index >= 15 is 0 Å². The summed E-state index contributed by atoms with van der Waals surface area (Å²) in [5, 5.41) is 1.90. The fourth-order valence-corrected chi connectivity index (χ4v) is 7.00. The Hall–Kier alpha value is -5.14. The van der Waals surface area contributed by atoms with Gasteiger partial charge in [-0.15, -0.1) is 22.7 Å². The molecule has 0 unspecified atom stereocenters. The summed E-state index contributed by atoms with van der Waals surface area (Å²) >= 11 is 3.30. The van der Waals surface area contributed by atoms with Gasteiger partial charge in [-0.2, -0.15) is 0 Å². The van der Waals surface area contributed by atoms with Crippen molar-refractivity contribution in [2.24, 2.45) is 0 Å². The number of aromatic nitrogens is 2. The van der Waals surface area contributed by atoms with Gasteiger partial charge in [0.1, 0.15) is 10.0 Å². The fourth-order valence-electron chi connectivity index (χ4n) is 5.22. The lowest BCUT2D eigenvalue weighted by Crippen LogP contribution is -2.09. The molecule has 12 heteroatoms. The van der Waals surface area contributed by atoms with Crippen LogP contribution >= 0.6 is 22.7 Å². The van der Waals surface area contributed by atoms with Crippen LogP contribution in [0.1, 0.15) is 39.7 Å². The number of hydrogen-bond acceptors (Lipinski definition) is 12. The van der Waals surface area contributed by atoms with Crippen LogP contribution in [0, 0.1) is 13.8 Å². The topological polar surface area (TPSA) is 110 Å². The summed E-state index contributed by atoms with van der Waals surface area (Å²) in [6.45, 7) is 4.47. The number of hydrogen-bond donors (Lipinski definition) is 1. The SMILES string of the molecule is C.COCOc1ccc(/C=C/c2nc3cc(C)c(N(C)C)cc3s2)cc1OC.COCOc1ccc(/C=C/c2nc3cc(C)c(N)cc3s2)cc1OC. The van der Waals surface area contributed by atoms with Crippen LogP contribution in [0.4, 0.5) is 11.4 Å². The molecule has 0 radical (unpaired) electrons. The molecule has 0 amide bonds. The number of methoxy groups -OCH3 is 4. The Labute approximate surface area is 320 Å². The number of aryl methyl sites for hydroxylation is 2. The maximum Gasteiger partial charge on any atom is 0.188 e. The van der Waals surface area contributed by atoms with Crippen LogP contribution in [0.3, 0.4) is 0 Å². The lowest BCUT2D eigenvalue weighted by Gasteiger charge is -2.15. The number of ether oxygens (including phenoxy) is 6. The molecule has 2 N–H and O–H groups in total. The van der Waals surface area contributed by atoms with Crippen LogP contribution in [0.5, 0.6) is 23.0 Å². The first-order valence-electron chi connectivity index (χ1n) is 16.3. The molecule has 6 aromatic rings. The number of nitrogens with two attached hydrogens (primary N) is 1. The van der Waals surface area contributed by atoms with Crippen molar-refractivity contribution in [3.63, 3.8) is 0 Å². The maximum atomic E-state index is 5.97. The first-order chi connectivity index (χ1) is 25.1. The fraction of sp³-hybridized carbons (Fsp3) is 0.268. The average Bonchev–Trinajstić information content (AvgIpc) is 3.73. The van der Waals surface area contributed by atoms with E-state index in [0.29, 0.717) is 23.0 Å². The molecule has 0 fully saturated rings. The molecule has 10 nitrogen and oxygen atoms in total. The van der Waals surface area contributed by atoms with Gasteiger partial charge in [-0.3, -0.25) is 0 Å². The summed E-state index contributed by atoms with van der Waals surface area (Å²) < 4.78 is 33.9. The third-order valence-corrected chi connectivity index (χ3v) is 9.84. The van der Waals surface area contributed by atoms with Gasteiger partial charge >= 0.3 is 0 Å². The van der Waals surface area contributed by atoms with Crippen molar-refractivity contribution < 1.29 is 28.4 Å². The summed E-state index contributed by atoms with van der Waals surface area (Å²) in [6.07, 6.45) is 8.04. The Bertz CT molecular complexity index is 2150. The second kappa shape index (κ2) is 19.1. The van der Waals surface area contributed by atoms with Gasteiger partial charge in [0.25, 0.3) is 0 Å². The minimum absolute atomic E-state index is 0. The van der Waals surface area contributed by atoms with Crippen molar-refractivity contribution in [1.82, 2.24) is 9.97 Å². The highest BCUT2D eigenvalue weighted by atomic mass is 32.1. The molecule has 53 heavy (non-hydrogen) atoms. The predicted molar refractivity (Wildman–Crippen MR) is 223 cm³/mol. The van der Waals surface area contributed by atoms with Gasteiger partial charge in [-0.05, 0) is 96.8 Å². The molecule has 0 spiro atoms. The molecule has 280 valence electrons. The molecule has 0 saturated heterocycles. The third kappa shape index (κ3) is 10.5. The van der Waals surface area contributed by atoms with Crippen LogP contribution < -0.4 is 29.6 Å². The van der Waals surface area contributed by atoms with E-state index in [2.05, 4.69) is 43.0 Å². The molecule has 0 aliphatic heterocycles. The lowest BCUT2D eigenvalue weighted by molar-refractivity contribution is 0.0490. The van der Waals surface area contributed by atoms with E-state index in [4.69, 9.17) is 39.1 Å². The smallest absolute Gasteiger partial charge is 0.188 e. The Morgan fingerprint density at radius 2 is 1.09 bits per heavy atom. The number of anilines is 2. The molecule has 0 saturated carbocycles. The van der Waals surface area contributed by atoms with E-state index < -0.39 is 0 Å². The van der Waals surface area contributed by atoms with Gasteiger partial charge in [-0.25, -0.2) is 9.97 Å². The Morgan fingerprint density at radius 3 is 1.55 bits per heavy atom. The normalized spacial score (nSPS) is 11.1. The van der Waals surface area contributed by atoms with Crippen LogP contribution in [0.25, 0.3) is 44.7 Å². The molecule has 2 aromatic heterocycles.